The van der Waals surface area contributed by atoms with Crippen molar-refractivity contribution in [1.82, 2.24) is 5.32 Å². The SMILES string of the molecule is CCCCCCCCCC/C=C\CCCCCCCCCCCCCCCCCC(=O)NC(COC1OC(CO)C(O)C(O)C1O)C(O)/C=C/CC/C=C/CC/C=C/CCCCCCCCCCCCCCCC. The average Bonchev–Trinajstić information content (AvgIpc) is 3.40. The van der Waals surface area contributed by atoms with Gasteiger partial charge in [-0.05, 0) is 70.6 Å². The third-order valence-corrected chi connectivity index (χ3v) is 15.1. The van der Waals surface area contributed by atoms with E-state index in [-0.39, 0.29) is 12.5 Å². The standard InChI is InChI=1S/C65H121NO8/c1-3-5-7-9-11-13-15-17-19-21-23-25-27-29-30-31-33-35-37-39-41-43-45-47-49-51-53-55-61(69)66-58(57-73-65-64(72)63(71)62(70)60(56-67)74-65)59(68)54-52-50-48-46-44-42-40-38-36-34-32-28-26-24-22-20-18-16-14-12-10-8-6-4-2/h21,23,36,38,44,46,52,54,58-60,62-65,67-68,70-72H,3-20,22,24-35,37,39-43,45,47-51,53,55-57H2,1-2H3,(H,66,69)/b23-21-,38-36+,46-44+,54-52+. The molecule has 0 aliphatic carbocycles. The van der Waals surface area contributed by atoms with Gasteiger partial charge in [0, 0.05) is 6.42 Å². The summed E-state index contributed by atoms with van der Waals surface area (Å²) in [5.41, 5.74) is 0. The number of amides is 1. The second kappa shape index (κ2) is 54.5. The van der Waals surface area contributed by atoms with E-state index in [0.29, 0.717) is 6.42 Å². The topological polar surface area (TPSA) is 149 Å². The monoisotopic (exact) mass is 1040 g/mol. The molecule has 9 heteroatoms. The van der Waals surface area contributed by atoms with E-state index in [9.17, 15) is 30.3 Å². The van der Waals surface area contributed by atoms with Crippen molar-refractivity contribution in [3.63, 3.8) is 0 Å². The van der Waals surface area contributed by atoms with Crippen molar-refractivity contribution in [1.29, 1.82) is 0 Å². The Labute approximate surface area is 456 Å². The molecule has 9 nitrogen and oxygen atoms in total. The molecule has 0 spiro atoms. The Hall–Kier alpha value is -1.85. The number of unbranched alkanes of at least 4 members (excludes halogenated alkanes) is 39. The Kier molecular flexibility index (Phi) is 51.7. The summed E-state index contributed by atoms with van der Waals surface area (Å²) >= 11 is 0. The van der Waals surface area contributed by atoms with E-state index in [1.54, 1.807) is 6.08 Å². The third kappa shape index (κ3) is 43.2. The number of allylic oxidation sites excluding steroid dienone is 7. The lowest BCUT2D eigenvalue weighted by Gasteiger charge is -2.40. The molecule has 0 aromatic carbocycles. The molecule has 0 bridgehead atoms. The number of ether oxygens (including phenoxy) is 2. The second-order valence-corrected chi connectivity index (χ2v) is 22.2. The third-order valence-electron chi connectivity index (χ3n) is 15.1. The van der Waals surface area contributed by atoms with Gasteiger partial charge in [0.1, 0.15) is 24.4 Å². The lowest BCUT2D eigenvalue weighted by molar-refractivity contribution is -0.302. The lowest BCUT2D eigenvalue weighted by atomic mass is 9.99. The molecule has 74 heavy (non-hydrogen) atoms. The number of hydrogen-bond donors (Lipinski definition) is 6. The number of aliphatic hydroxyl groups excluding tert-OH is 5. The van der Waals surface area contributed by atoms with E-state index >= 15 is 0 Å². The number of carbonyl (C=O) groups excluding carboxylic acids is 1. The van der Waals surface area contributed by atoms with Crippen LogP contribution in [0.1, 0.15) is 303 Å². The van der Waals surface area contributed by atoms with Crippen LogP contribution in [-0.2, 0) is 14.3 Å². The van der Waals surface area contributed by atoms with Gasteiger partial charge in [0.2, 0.25) is 5.91 Å². The molecule has 0 aromatic heterocycles. The molecule has 1 rings (SSSR count). The summed E-state index contributed by atoms with van der Waals surface area (Å²) in [6.07, 6.45) is 66.3. The van der Waals surface area contributed by atoms with Gasteiger partial charge < -0.3 is 40.3 Å². The number of nitrogens with one attached hydrogen (secondary N) is 1. The first-order valence-electron chi connectivity index (χ1n) is 31.9. The molecule has 0 radical (unpaired) electrons. The summed E-state index contributed by atoms with van der Waals surface area (Å²) in [6, 6.07) is -0.829. The van der Waals surface area contributed by atoms with Crippen LogP contribution in [-0.4, -0.2) is 87.5 Å². The zero-order valence-electron chi connectivity index (χ0n) is 48.4. The fourth-order valence-electron chi connectivity index (χ4n) is 10.1. The van der Waals surface area contributed by atoms with Crippen molar-refractivity contribution in [2.75, 3.05) is 13.2 Å². The quantitative estimate of drug-likeness (QED) is 0.0261. The maximum absolute atomic E-state index is 13.1. The van der Waals surface area contributed by atoms with E-state index in [1.165, 1.54) is 238 Å². The normalized spacial score (nSPS) is 19.3. The molecule has 1 saturated heterocycles. The zero-order chi connectivity index (χ0) is 53.6. The fraction of sp³-hybridized carbons (Fsp3) is 0.862. The van der Waals surface area contributed by atoms with Crippen molar-refractivity contribution in [2.24, 2.45) is 0 Å². The minimum Gasteiger partial charge on any atom is -0.394 e. The number of aliphatic hydroxyl groups is 5. The summed E-state index contributed by atoms with van der Waals surface area (Å²) in [7, 11) is 0. The molecule has 1 aliphatic heterocycles. The molecule has 434 valence electrons. The van der Waals surface area contributed by atoms with Crippen molar-refractivity contribution in [2.45, 2.75) is 346 Å². The van der Waals surface area contributed by atoms with Gasteiger partial charge >= 0.3 is 0 Å². The average molecular weight is 1040 g/mol. The molecular formula is C65H121NO8. The molecular weight excluding hydrogens is 923 g/mol. The van der Waals surface area contributed by atoms with Crippen LogP contribution in [0.2, 0.25) is 0 Å². The smallest absolute Gasteiger partial charge is 0.220 e. The first kappa shape index (κ1) is 70.2. The van der Waals surface area contributed by atoms with Gasteiger partial charge in [-0.15, -0.1) is 0 Å². The van der Waals surface area contributed by atoms with E-state index in [4.69, 9.17) is 9.47 Å². The Morgan fingerprint density at radius 3 is 1.14 bits per heavy atom. The molecule has 0 saturated carbocycles. The molecule has 1 fully saturated rings. The summed E-state index contributed by atoms with van der Waals surface area (Å²) in [6.45, 7) is 3.79. The Balaban J connectivity index is 2.21. The highest BCUT2D eigenvalue weighted by Gasteiger charge is 2.44. The Bertz CT molecular complexity index is 1300. The molecule has 0 aromatic rings. The van der Waals surface area contributed by atoms with Gasteiger partial charge in [0.15, 0.2) is 6.29 Å². The van der Waals surface area contributed by atoms with Crippen LogP contribution in [0.3, 0.4) is 0 Å². The van der Waals surface area contributed by atoms with Crippen LogP contribution in [0.5, 0.6) is 0 Å². The summed E-state index contributed by atoms with van der Waals surface area (Å²) in [5.74, 6) is -0.187. The number of rotatable bonds is 55. The Morgan fingerprint density at radius 2 is 0.770 bits per heavy atom. The molecule has 7 atom stereocenters. The molecule has 6 N–H and O–H groups in total. The minimum absolute atomic E-state index is 0.187. The first-order chi connectivity index (χ1) is 36.3. The molecule has 7 unspecified atom stereocenters. The number of hydrogen-bond acceptors (Lipinski definition) is 8. The van der Waals surface area contributed by atoms with Gasteiger partial charge in [0.05, 0.1) is 25.4 Å². The van der Waals surface area contributed by atoms with Gasteiger partial charge in [-0.2, -0.15) is 0 Å². The fourth-order valence-corrected chi connectivity index (χ4v) is 10.1. The van der Waals surface area contributed by atoms with Gasteiger partial charge in [-0.3, -0.25) is 4.79 Å². The van der Waals surface area contributed by atoms with Crippen LogP contribution >= 0.6 is 0 Å². The van der Waals surface area contributed by atoms with Gasteiger partial charge in [0.25, 0.3) is 0 Å². The van der Waals surface area contributed by atoms with Crippen LogP contribution in [0, 0.1) is 0 Å². The minimum atomic E-state index is -1.58. The summed E-state index contributed by atoms with van der Waals surface area (Å²) < 4.78 is 11.3. The number of carbonyl (C=O) groups is 1. The van der Waals surface area contributed by atoms with E-state index in [2.05, 4.69) is 55.6 Å². The van der Waals surface area contributed by atoms with Crippen molar-refractivity contribution >= 4 is 5.91 Å². The maximum Gasteiger partial charge on any atom is 0.220 e. The summed E-state index contributed by atoms with van der Waals surface area (Å²) in [5, 5.41) is 54.6. The summed E-state index contributed by atoms with van der Waals surface area (Å²) in [4.78, 5) is 13.1. The zero-order valence-corrected chi connectivity index (χ0v) is 48.4. The van der Waals surface area contributed by atoms with E-state index in [0.717, 1.165) is 44.9 Å². The Morgan fingerprint density at radius 1 is 0.446 bits per heavy atom. The van der Waals surface area contributed by atoms with Crippen molar-refractivity contribution in [3.8, 4) is 0 Å². The van der Waals surface area contributed by atoms with Crippen LogP contribution < -0.4 is 5.32 Å². The predicted molar refractivity (Wildman–Crippen MR) is 313 cm³/mol. The lowest BCUT2D eigenvalue weighted by Crippen LogP contribution is -2.60. The van der Waals surface area contributed by atoms with E-state index in [1.807, 2.05) is 6.08 Å². The van der Waals surface area contributed by atoms with E-state index < -0.39 is 49.5 Å². The highest BCUT2D eigenvalue weighted by atomic mass is 16.7. The molecule has 1 heterocycles. The first-order valence-corrected chi connectivity index (χ1v) is 31.9. The largest absolute Gasteiger partial charge is 0.394 e. The van der Waals surface area contributed by atoms with Gasteiger partial charge in [-0.25, -0.2) is 0 Å². The highest BCUT2D eigenvalue weighted by molar-refractivity contribution is 5.76. The highest BCUT2D eigenvalue weighted by Crippen LogP contribution is 2.23. The second-order valence-electron chi connectivity index (χ2n) is 22.2. The van der Waals surface area contributed by atoms with Crippen LogP contribution in [0.15, 0.2) is 48.6 Å². The van der Waals surface area contributed by atoms with Crippen molar-refractivity contribution < 1.29 is 39.8 Å². The van der Waals surface area contributed by atoms with Crippen LogP contribution in [0.25, 0.3) is 0 Å². The predicted octanol–water partition coefficient (Wildman–Crippen LogP) is 16.5. The molecule has 1 aliphatic rings. The van der Waals surface area contributed by atoms with Crippen molar-refractivity contribution in [3.05, 3.63) is 48.6 Å². The maximum atomic E-state index is 13.1. The van der Waals surface area contributed by atoms with Gasteiger partial charge in [-0.1, -0.05) is 274 Å². The van der Waals surface area contributed by atoms with Crippen LogP contribution in [0.4, 0.5) is 0 Å². The molecule has 1 amide bonds.